The molecular weight excluding hydrogens is 448 g/mol. The number of carbonyl (C=O) groups excluding carboxylic acids is 2. The van der Waals surface area contributed by atoms with Gasteiger partial charge in [0.2, 0.25) is 5.82 Å². The first-order chi connectivity index (χ1) is 15.8. The number of nitrogens with one attached hydrogen (secondary N) is 3. The van der Waals surface area contributed by atoms with Crippen molar-refractivity contribution in [3.63, 3.8) is 0 Å². The van der Waals surface area contributed by atoms with Crippen molar-refractivity contribution in [2.45, 2.75) is 0 Å². The first-order valence-corrected chi connectivity index (χ1v) is 10.0. The molecule has 1 aromatic heterocycles. The van der Waals surface area contributed by atoms with Gasteiger partial charge in [0.15, 0.2) is 0 Å². The Labute approximate surface area is 194 Å². The number of amidine groups is 1. The molecule has 0 spiro atoms. The molecular formula is C22H21ClN6O4. The van der Waals surface area contributed by atoms with Crippen LogP contribution in [0.15, 0.2) is 59.3 Å². The predicted octanol–water partition coefficient (Wildman–Crippen LogP) is 3.32. The van der Waals surface area contributed by atoms with E-state index in [1.54, 1.807) is 63.6 Å². The summed E-state index contributed by atoms with van der Waals surface area (Å²) >= 11 is 6.37. The average molecular weight is 469 g/mol. The number of nitrogens with zero attached hydrogens (tertiary/aromatic N) is 3. The fourth-order valence-electron chi connectivity index (χ4n) is 2.59. The Balaban J connectivity index is 1.73. The second-order valence-corrected chi connectivity index (χ2v) is 7.29. The maximum Gasteiger partial charge on any atom is 0.316 e. The zero-order valence-electron chi connectivity index (χ0n) is 18.0. The molecule has 0 atom stereocenters. The van der Waals surface area contributed by atoms with E-state index in [0.29, 0.717) is 22.6 Å². The molecule has 0 radical (unpaired) electrons. The van der Waals surface area contributed by atoms with Crippen molar-refractivity contribution in [1.29, 1.82) is 5.41 Å². The summed E-state index contributed by atoms with van der Waals surface area (Å²) in [4.78, 5) is 29.7. The number of amides is 2. The van der Waals surface area contributed by atoms with Gasteiger partial charge in [-0.3, -0.25) is 15.0 Å². The van der Waals surface area contributed by atoms with Gasteiger partial charge in [-0.15, -0.1) is 0 Å². The molecule has 3 aromatic rings. The van der Waals surface area contributed by atoms with Crippen molar-refractivity contribution in [1.82, 2.24) is 25.7 Å². The van der Waals surface area contributed by atoms with Crippen LogP contribution in [0.3, 0.4) is 0 Å². The zero-order valence-corrected chi connectivity index (χ0v) is 18.8. The molecule has 10 nitrogen and oxygen atoms in total. The van der Waals surface area contributed by atoms with Gasteiger partial charge in [-0.05, 0) is 42.6 Å². The van der Waals surface area contributed by atoms with Gasteiger partial charge in [0.05, 0.1) is 5.02 Å². The molecule has 1 heterocycles. The first kappa shape index (κ1) is 23.5. The van der Waals surface area contributed by atoms with Crippen molar-refractivity contribution < 1.29 is 18.8 Å². The van der Waals surface area contributed by atoms with Gasteiger partial charge >= 0.3 is 11.8 Å². The lowest BCUT2D eigenvalue weighted by atomic mass is 10.2. The smallest absolute Gasteiger partial charge is 0.316 e. The minimum Gasteiger partial charge on any atom is -0.457 e. The summed E-state index contributed by atoms with van der Waals surface area (Å²) in [5.41, 5.74) is 0.787. The van der Waals surface area contributed by atoms with Crippen LogP contribution in [0.5, 0.6) is 11.5 Å². The number of rotatable bonds is 7. The van der Waals surface area contributed by atoms with Gasteiger partial charge in [0.25, 0.3) is 5.91 Å². The molecule has 0 aliphatic heterocycles. The summed E-state index contributed by atoms with van der Waals surface area (Å²) in [6.07, 6.45) is 2.95. The highest BCUT2D eigenvalue weighted by atomic mass is 35.5. The van der Waals surface area contributed by atoms with Crippen LogP contribution in [-0.2, 0) is 0 Å². The van der Waals surface area contributed by atoms with E-state index in [4.69, 9.17) is 26.3 Å². The molecule has 0 unspecified atom stereocenters. The van der Waals surface area contributed by atoms with Crippen LogP contribution in [0, 0.1) is 5.41 Å². The van der Waals surface area contributed by atoms with Crippen molar-refractivity contribution in [3.05, 3.63) is 71.2 Å². The fourth-order valence-corrected chi connectivity index (χ4v) is 2.85. The van der Waals surface area contributed by atoms with Gasteiger partial charge in [0, 0.05) is 38.3 Å². The van der Waals surface area contributed by atoms with E-state index in [1.807, 2.05) is 0 Å². The molecule has 0 bridgehead atoms. The van der Waals surface area contributed by atoms with Crippen LogP contribution in [0.1, 0.15) is 21.0 Å². The average Bonchev–Trinajstić information content (AvgIpc) is 3.27. The largest absolute Gasteiger partial charge is 0.457 e. The lowest BCUT2D eigenvalue weighted by Crippen LogP contribution is -2.28. The Hall–Kier alpha value is -4.18. The predicted molar refractivity (Wildman–Crippen MR) is 123 cm³/mol. The summed E-state index contributed by atoms with van der Waals surface area (Å²) in [7, 11) is 4.85. The molecule has 0 fully saturated rings. The van der Waals surface area contributed by atoms with Crippen LogP contribution in [0.25, 0.3) is 11.4 Å². The Morgan fingerprint density at radius 1 is 1.18 bits per heavy atom. The Bertz CT molecular complexity index is 1220. The van der Waals surface area contributed by atoms with Gasteiger partial charge in [0.1, 0.15) is 17.3 Å². The number of hydrogen-bond donors (Lipinski definition) is 3. The minimum atomic E-state index is -0.445. The van der Waals surface area contributed by atoms with Gasteiger partial charge in [-0.2, -0.15) is 4.98 Å². The van der Waals surface area contributed by atoms with Gasteiger partial charge in [-0.1, -0.05) is 22.8 Å². The molecule has 0 saturated carbocycles. The normalized spacial score (nSPS) is 10.7. The maximum absolute atomic E-state index is 12.3. The van der Waals surface area contributed by atoms with Crippen LogP contribution in [0.2, 0.25) is 5.02 Å². The van der Waals surface area contributed by atoms with E-state index in [2.05, 4.69) is 20.8 Å². The number of aromatic nitrogens is 2. The van der Waals surface area contributed by atoms with E-state index in [0.717, 1.165) is 0 Å². The fraction of sp³-hybridized carbons (Fsp3) is 0.136. The monoisotopic (exact) mass is 468 g/mol. The maximum atomic E-state index is 12.3. The third-order valence-electron chi connectivity index (χ3n) is 4.19. The molecule has 11 heteroatoms. The lowest BCUT2D eigenvalue weighted by Gasteiger charge is -2.09. The zero-order chi connectivity index (χ0) is 24.0. The number of ether oxygens (including phenoxy) is 1. The third-order valence-corrected chi connectivity index (χ3v) is 4.51. The van der Waals surface area contributed by atoms with E-state index in [1.165, 1.54) is 17.2 Å². The number of hydrogen-bond acceptors (Lipinski definition) is 8. The summed E-state index contributed by atoms with van der Waals surface area (Å²) in [6, 6.07) is 11.3. The molecule has 0 saturated heterocycles. The molecule has 0 aliphatic carbocycles. The molecule has 0 aliphatic rings. The standard InChI is InChI=1S/C22H21ClN6O4/c1-25-10-9-18(24)26-20(30)13-5-4-6-14(11-13)32-15-7-8-16(17(23)12-15)19-27-21(33-28-19)22(31)29(2)3/h4-12,25H,1-3H3,(H2,24,26,30)/b10-9-. The van der Waals surface area contributed by atoms with Gasteiger partial charge < -0.3 is 24.8 Å². The quantitative estimate of drug-likeness (QED) is 0.357. The van der Waals surface area contributed by atoms with E-state index < -0.39 is 11.8 Å². The lowest BCUT2D eigenvalue weighted by molar-refractivity contribution is 0.0779. The Morgan fingerprint density at radius 3 is 2.64 bits per heavy atom. The summed E-state index contributed by atoms with van der Waals surface area (Å²) in [6.45, 7) is 0. The topological polar surface area (TPSA) is 133 Å². The highest BCUT2D eigenvalue weighted by Crippen LogP contribution is 2.32. The van der Waals surface area contributed by atoms with Crippen LogP contribution < -0.4 is 15.4 Å². The second kappa shape index (κ2) is 10.4. The summed E-state index contributed by atoms with van der Waals surface area (Å²) < 4.78 is 10.8. The molecule has 2 amide bonds. The molecule has 33 heavy (non-hydrogen) atoms. The molecule has 170 valence electrons. The highest BCUT2D eigenvalue weighted by Gasteiger charge is 2.19. The summed E-state index contributed by atoms with van der Waals surface area (Å²) in [5, 5.41) is 17.0. The first-order valence-electron chi connectivity index (χ1n) is 9.65. The molecule has 2 aromatic carbocycles. The number of carbonyl (C=O) groups is 2. The summed E-state index contributed by atoms with van der Waals surface area (Å²) in [5.74, 6) is -0.0656. The second-order valence-electron chi connectivity index (χ2n) is 6.88. The van der Waals surface area contributed by atoms with Crippen molar-refractivity contribution in [3.8, 4) is 22.9 Å². The van der Waals surface area contributed by atoms with Crippen LogP contribution >= 0.6 is 11.6 Å². The number of halogens is 1. The highest BCUT2D eigenvalue weighted by molar-refractivity contribution is 6.33. The Kier molecular flexibility index (Phi) is 7.42. The minimum absolute atomic E-state index is 0.0556. The van der Waals surface area contributed by atoms with E-state index in [-0.39, 0.29) is 22.6 Å². The van der Waals surface area contributed by atoms with Crippen LogP contribution in [0.4, 0.5) is 0 Å². The van der Waals surface area contributed by atoms with E-state index in [9.17, 15) is 9.59 Å². The molecule has 3 N–H and O–H groups in total. The number of benzene rings is 2. The third kappa shape index (κ3) is 5.95. The van der Waals surface area contributed by atoms with Crippen molar-refractivity contribution >= 4 is 29.3 Å². The van der Waals surface area contributed by atoms with E-state index >= 15 is 0 Å². The van der Waals surface area contributed by atoms with Crippen LogP contribution in [-0.4, -0.2) is 53.8 Å². The van der Waals surface area contributed by atoms with Crippen molar-refractivity contribution in [2.24, 2.45) is 0 Å². The van der Waals surface area contributed by atoms with Gasteiger partial charge in [-0.25, -0.2) is 0 Å². The van der Waals surface area contributed by atoms with Crippen molar-refractivity contribution in [2.75, 3.05) is 21.1 Å². The molecule has 3 rings (SSSR count). The Morgan fingerprint density at radius 2 is 1.94 bits per heavy atom. The SMILES string of the molecule is CN/C=C\C(=N)NC(=O)c1cccc(Oc2ccc(-c3noc(C(=O)N(C)C)n3)c(Cl)c2)c1.